The van der Waals surface area contributed by atoms with Crippen molar-refractivity contribution in [2.45, 2.75) is 233 Å². The number of hydrogen-bond acceptors (Lipinski definition) is 6. The lowest BCUT2D eigenvalue weighted by Crippen LogP contribution is -2.40. The summed E-state index contributed by atoms with van der Waals surface area (Å²) in [5.74, 6) is 0. The van der Waals surface area contributed by atoms with Gasteiger partial charge in [-0.3, -0.25) is 0 Å². The lowest BCUT2D eigenvalue weighted by molar-refractivity contribution is 0.101. The molecule has 2 atom stereocenters. The molecule has 0 rings (SSSR count). The van der Waals surface area contributed by atoms with E-state index in [1.54, 1.807) is 0 Å². The molecule has 0 aliphatic rings. The molecule has 0 aromatic carbocycles. The molecule has 6 nitrogen and oxygen atoms in total. The van der Waals surface area contributed by atoms with E-state index in [-0.39, 0.29) is 12.2 Å². The molecule has 0 radical (unpaired) electrons. The molecule has 0 saturated heterocycles. The second-order valence-corrected chi connectivity index (χ2v) is 16.5. The first-order chi connectivity index (χ1) is 25.6. The summed E-state index contributed by atoms with van der Waals surface area (Å²) in [6.07, 6.45) is 39.6. The topological polar surface area (TPSA) is 71.0 Å². The minimum Gasteiger partial charge on any atom is -0.390 e. The third-order valence-corrected chi connectivity index (χ3v) is 11.0. The van der Waals surface area contributed by atoms with Crippen molar-refractivity contribution in [2.75, 3.05) is 65.4 Å². The molecule has 0 aliphatic carbocycles. The van der Waals surface area contributed by atoms with Crippen LogP contribution in [0.2, 0.25) is 0 Å². The number of aliphatic hydroxyl groups is 2. The maximum atomic E-state index is 10.9. The normalized spacial score (nSPS) is 13.2. The van der Waals surface area contributed by atoms with Gasteiger partial charge in [-0.1, -0.05) is 182 Å². The summed E-state index contributed by atoms with van der Waals surface area (Å²) in [5.41, 5.74) is 0. The molecule has 52 heavy (non-hydrogen) atoms. The molecule has 6 heteroatoms. The lowest BCUT2D eigenvalue weighted by Gasteiger charge is -2.27. The second-order valence-electron chi connectivity index (χ2n) is 16.5. The van der Waals surface area contributed by atoms with E-state index in [2.05, 4.69) is 48.1 Å². The zero-order chi connectivity index (χ0) is 38.0. The number of rotatable bonds is 45. The first kappa shape index (κ1) is 51.8. The van der Waals surface area contributed by atoms with Gasteiger partial charge in [0.05, 0.1) is 12.2 Å². The Morgan fingerprint density at radius 2 is 0.558 bits per heavy atom. The molecule has 0 spiro atoms. The maximum absolute atomic E-state index is 10.9. The second kappa shape index (κ2) is 43.5. The summed E-state index contributed by atoms with van der Waals surface area (Å²) in [6, 6.07) is 0. The van der Waals surface area contributed by atoms with E-state index in [0.717, 1.165) is 65.2 Å². The van der Waals surface area contributed by atoms with Crippen molar-refractivity contribution in [1.29, 1.82) is 0 Å². The van der Waals surface area contributed by atoms with Crippen molar-refractivity contribution in [3.05, 3.63) is 0 Å². The van der Waals surface area contributed by atoms with Crippen LogP contribution in [0.15, 0.2) is 0 Å². The molecule has 0 amide bonds. The van der Waals surface area contributed by atoms with Crippen molar-refractivity contribution >= 4 is 0 Å². The highest BCUT2D eigenvalue weighted by molar-refractivity contribution is 4.71. The van der Waals surface area contributed by atoms with Crippen LogP contribution in [0.1, 0.15) is 220 Å². The monoisotopic (exact) mass is 739 g/mol. The Morgan fingerprint density at radius 3 is 0.827 bits per heavy atom. The summed E-state index contributed by atoms with van der Waals surface area (Å²) >= 11 is 0. The van der Waals surface area contributed by atoms with Gasteiger partial charge in [0.15, 0.2) is 0 Å². The van der Waals surface area contributed by atoms with Gasteiger partial charge in [0, 0.05) is 26.2 Å². The van der Waals surface area contributed by atoms with Crippen LogP contribution in [0.5, 0.6) is 0 Å². The minimum absolute atomic E-state index is 0.299. The van der Waals surface area contributed by atoms with Crippen molar-refractivity contribution < 1.29 is 10.2 Å². The molecule has 0 bridgehead atoms. The predicted octanol–water partition coefficient (Wildman–Crippen LogP) is 11.3. The molecular weight excluding hydrogens is 641 g/mol. The number of unbranched alkanes of at least 4 members (excludes halogenated alkanes) is 25. The smallest absolute Gasteiger partial charge is 0.0791 e. The van der Waals surface area contributed by atoms with Gasteiger partial charge < -0.3 is 30.6 Å². The van der Waals surface area contributed by atoms with Crippen LogP contribution in [0.25, 0.3) is 0 Å². The van der Waals surface area contributed by atoms with Gasteiger partial charge in [0.1, 0.15) is 0 Å². The fourth-order valence-electron chi connectivity index (χ4n) is 7.48. The Kier molecular flexibility index (Phi) is 43.3. The van der Waals surface area contributed by atoms with E-state index in [4.69, 9.17) is 0 Å². The summed E-state index contributed by atoms with van der Waals surface area (Å²) in [4.78, 5) is 5.09. The maximum Gasteiger partial charge on any atom is 0.0791 e. The molecule has 0 saturated carbocycles. The third kappa shape index (κ3) is 39.5. The van der Waals surface area contributed by atoms with E-state index >= 15 is 0 Å². The highest BCUT2D eigenvalue weighted by Crippen LogP contribution is 2.14. The van der Waals surface area contributed by atoms with Gasteiger partial charge in [-0.2, -0.15) is 0 Å². The average molecular weight is 739 g/mol. The molecule has 0 aromatic rings. The fraction of sp³-hybridized carbons (Fsp3) is 1.00. The Morgan fingerprint density at radius 1 is 0.327 bits per heavy atom. The molecule has 314 valence electrons. The predicted molar refractivity (Wildman–Crippen MR) is 232 cm³/mol. The van der Waals surface area contributed by atoms with E-state index in [1.807, 2.05) is 0 Å². The van der Waals surface area contributed by atoms with Gasteiger partial charge >= 0.3 is 0 Å². The molecular formula is C46H98N4O2. The molecule has 0 aliphatic heterocycles. The van der Waals surface area contributed by atoms with Crippen molar-refractivity contribution in [3.63, 3.8) is 0 Å². The van der Waals surface area contributed by atoms with Crippen molar-refractivity contribution in [2.24, 2.45) is 0 Å². The highest BCUT2D eigenvalue weighted by Gasteiger charge is 2.14. The Balaban J connectivity index is 4.62. The van der Waals surface area contributed by atoms with Crippen LogP contribution < -0.4 is 10.6 Å². The molecule has 0 fully saturated rings. The first-order valence-electron chi connectivity index (χ1n) is 23.8. The summed E-state index contributed by atoms with van der Waals surface area (Å²) in [5, 5.41) is 28.6. The largest absolute Gasteiger partial charge is 0.390 e. The van der Waals surface area contributed by atoms with Crippen LogP contribution in [0, 0.1) is 0 Å². The van der Waals surface area contributed by atoms with Crippen molar-refractivity contribution in [1.82, 2.24) is 20.4 Å². The van der Waals surface area contributed by atoms with E-state index < -0.39 is 0 Å². The van der Waals surface area contributed by atoms with Gasteiger partial charge in [-0.15, -0.1) is 0 Å². The molecule has 2 unspecified atom stereocenters. The summed E-state index contributed by atoms with van der Waals surface area (Å²) in [6.45, 7) is 18.3. The average Bonchev–Trinajstić information content (AvgIpc) is 3.14. The number of nitrogens with zero attached hydrogens (tertiary/aromatic N) is 2. The van der Waals surface area contributed by atoms with E-state index in [0.29, 0.717) is 13.1 Å². The van der Waals surface area contributed by atoms with Gasteiger partial charge in [-0.05, 0) is 77.8 Å². The van der Waals surface area contributed by atoms with Crippen molar-refractivity contribution in [3.8, 4) is 0 Å². The Bertz CT molecular complexity index is 600. The third-order valence-electron chi connectivity index (χ3n) is 11.0. The van der Waals surface area contributed by atoms with E-state index in [9.17, 15) is 10.2 Å². The van der Waals surface area contributed by atoms with Crippen LogP contribution in [-0.4, -0.2) is 97.7 Å². The molecule has 0 aromatic heterocycles. The fourth-order valence-corrected chi connectivity index (χ4v) is 7.48. The van der Waals surface area contributed by atoms with E-state index in [1.165, 1.54) is 180 Å². The number of hydrogen-bond donors (Lipinski definition) is 4. The molecule has 0 heterocycles. The zero-order valence-corrected chi connectivity index (χ0v) is 36.2. The Hall–Kier alpha value is -0.240. The standard InChI is InChI=1S/C46H98N4O2/c1-5-9-13-15-17-19-21-23-25-27-29-31-37-49(43-45(51)41-47-35-11-7-3)39-33-34-40-50(44-46(52)42-48-36-12-8-4)38-32-30-28-26-24-22-20-18-16-14-10-6-2/h45-48,51-52H,5-44H2,1-4H3. The Labute approximate surface area is 327 Å². The van der Waals surface area contributed by atoms with Crippen LogP contribution >= 0.6 is 0 Å². The van der Waals surface area contributed by atoms with Crippen LogP contribution in [0.4, 0.5) is 0 Å². The highest BCUT2D eigenvalue weighted by atomic mass is 16.3. The van der Waals surface area contributed by atoms with Gasteiger partial charge in [0.25, 0.3) is 0 Å². The van der Waals surface area contributed by atoms with Crippen LogP contribution in [0.3, 0.4) is 0 Å². The van der Waals surface area contributed by atoms with Crippen LogP contribution in [-0.2, 0) is 0 Å². The molecule has 4 N–H and O–H groups in total. The minimum atomic E-state index is -0.299. The lowest BCUT2D eigenvalue weighted by atomic mass is 10.1. The summed E-state index contributed by atoms with van der Waals surface area (Å²) < 4.78 is 0. The van der Waals surface area contributed by atoms with Gasteiger partial charge in [0.2, 0.25) is 0 Å². The SMILES string of the molecule is CCCCCCCCCCCCCCN(CCCCN(CCCCCCCCCCCCCC)CC(O)CNCCCC)CC(O)CNCCCC. The zero-order valence-electron chi connectivity index (χ0n) is 36.2. The summed E-state index contributed by atoms with van der Waals surface area (Å²) in [7, 11) is 0. The first-order valence-corrected chi connectivity index (χ1v) is 23.8. The number of nitrogens with one attached hydrogen (secondary N) is 2. The number of aliphatic hydroxyl groups excluding tert-OH is 2. The van der Waals surface area contributed by atoms with Gasteiger partial charge in [-0.25, -0.2) is 0 Å². The quantitative estimate of drug-likeness (QED) is 0.0466.